The van der Waals surface area contributed by atoms with Crippen LogP contribution < -0.4 is 0 Å². The van der Waals surface area contributed by atoms with Crippen molar-refractivity contribution < 1.29 is 5.11 Å². The van der Waals surface area contributed by atoms with Crippen molar-refractivity contribution in [1.82, 2.24) is 4.90 Å². The van der Waals surface area contributed by atoms with Crippen LogP contribution in [-0.4, -0.2) is 29.6 Å². The molecule has 3 heteroatoms. The number of rotatable bonds is 6. The van der Waals surface area contributed by atoms with Gasteiger partial charge in [0.05, 0.1) is 6.10 Å². The monoisotopic (exact) mass is 353 g/mol. The highest BCUT2D eigenvalue weighted by Crippen LogP contribution is 2.38. The van der Waals surface area contributed by atoms with Gasteiger partial charge in [-0.2, -0.15) is 0 Å². The lowest BCUT2D eigenvalue weighted by Gasteiger charge is -2.41. The van der Waals surface area contributed by atoms with Gasteiger partial charge in [-0.15, -0.1) is 0 Å². The van der Waals surface area contributed by atoms with Gasteiger partial charge >= 0.3 is 0 Å². The molecular formula is C18H28BrNO. The third-order valence-corrected chi connectivity index (χ3v) is 6.12. The summed E-state index contributed by atoms with van der Waals surface area (Å²) in [5, 5.41) is 10.4. The molecule has 21 heavy (non-hydrogen) atoms. The summed E-state index contributed by atoms with van der Waals surface area (Å²) in [6.45, 7) is 8.02. The van der Waals surface area contributed by atoms with Gasteiger partial charge in [-0.05, 0) is 49.4 Å². The summed E-state index contributed by atoms with van der Waals surface area (Å²) in [5.74, 6) is 0. The number of likely N-dealkylation sites (tertiary alicyclic amines) is 1. The van der Waals surface area contributed by atoms with E-state index in [0.717, 1.165) is 23.0 Å². The zero-order valence-electron chi connectivity index (χ0n) is 13.3. The summed E-state index contributed by atoms with van der Waals surface area (Å²) in [4.78, 5) is 2.52. The highest BCUT2D eigenvalue weighted by Gasteiger charge is 2.31. The first-order chi connectivity index (χ1) is 10.1. The van der Waals surface area contributed by atoms with Gasteiger partial charge in [0.1, 0.15) is 0 Å². The van der Waals surface area contributed by atoms with Crippen molar-refractivity contribution in [2.75, 3.05) is 19.6 Å². The van der Waals surface area contributed by atoms with E-state index in [1.54, 1.807) is 0 Å². The van der Waals surface area contributed by atoms with E-state index in [0.29, 0.717) is 5.41 Å². The van der Waals surface area contributed by atoms with E-state index in [9.17, 15) is 5.11 Å². The number of halogens is 1. The van der Waals surface area contributed by atoms with Crippen molar-refractivity contribution in [3.05, 3.63) is 34.3 Å². The van der Waals surface area contributed by atoms with E-state index in [1.165, 1.54) is 38.8 Å². The minimum absolute atomic E-state index is 0.371. The lowest BCUT2D eigenvalue weighted by atomic mass is 9.74. The molecule has 1 saturated heterocycles. The molecule has 1 N–H and O–H groups in total. The van der Waals surface area contributed by atoms with E-state index in [4.69, 9.17) is 0 Å². The van der Waals surface area contributed by atoms with Crippen LogP contribution in [-0.2, 0) is 0 Å². The van der Waals surface area contributed by atoms with Crippen LogP contribution in [0.4, 0.5) is 0 Å². The van der Waals surface area contributed by atoms with Crippen molar-refractivity contribution >= 4 is 15.9 Å². The molecule has 1 aromatic carbocycles. The number of aliphatic hydroxyl groups is 1. The Morgan fingerprint density at radius 1 is 1.19 bits per heavy atom. The number of aliphatic hydroxyl groups excluding tert-OH is 1. The molecule has 0 spiro atoms. The Kier molecular flexibility index (Phi) is 6.27. The number of nitrogens with zero attached hydrogens (tertiary/aromatic N) is 1. The van der Waals surface area contributed by atoms with Gasteiger partial charge in [-0.1, -0.05) is 60.8 Å². The van der Waals surface area contributed by atoms with Crippen molar-refractivity contribution in [2.45, 2.75) is 52.1 Å². The molecule has 1 unspecified atom stereocenters. The molecule has 1 heterocycles. The predicted octanol–water partition coefficient (Wildman–Crippen LogP) is 4.77. The van der Waals surface area contributed by atoms with Gasteiger partial charge in [0, 0.05) is 11.0 Å². The van der Waals surface area contributed by atoms with E-state index in [2.05, 4.69) is 34.7 Å². The smallest absolute Gasteiger partial charge is 0.0813 e. The molecule has 0 aliphatic carbocycles. The van der Waals surface area contributed by atoms with Gasteiger partial charge in [0.25, 0.3) is 0 Å². The van der Waals surface area contributed by atoms with Crippen LogP contribution in [0.2, 0.25) is 0 Å². The third-order valence-electron chi connectivity index (χ3n) is 5.40. The van der Waals surface area contributed by atoms with Crippen molar-refractivity contribution in [1.29, 1.82) is 0 Å². The van der Waals surface area contributed by atoms with Gasteiger partial charge in [0.2, 0.25) is 0 Å². The van der Waals surface area contributed by atoms with Crippen LogP contribution in [0.25, 0.3) is 0 Å². The van der Waals surface area contributed by atoms with Crippen LogP contribution >= 0.6 is 15.9 Å². The third kappa shape index (κ3) is 4.30. The molecule has 0 bridgehead atoms. The molecule has 1 fully saturated rings. The van der Waals surface area contributed by atoms with E-state index in [-0.39, 0.29) is 6.10 Å². The highest BCUT2D eigenvalue weighted by molar-refractivity contribution is 9.10. The summed E-state index contributed by atoms with van der Waals surface area (Å²) in [5.41, 5.74) is 1.59. The quantitative estimate of drug-likeness (QED) is 0.795. The second-order valence-corrected chi connectivity index (χ2v) is 7.23. The summed E-state index contributed by atoms with van der Waals surface area (Å²) in [7, 11) is 0. The Hall–Kier alpha value is -0.380. The minimum Gasteiger partial charge on any atom is -0.388 e. The number of benzene rings is 1. The first-order valence-electron chi connectivity index (χ1n) is 8.25. The molecule has 2 nitrogen and oxygen atoms in total. The van der Waals surface area contributed by atoms with Crippen LogP contribution in [0.15, 0.2) is 28.7 Å². The standard InChI is InChI=1S/C18H28BrNO/c1-3-18(4-2)10-13-20(14-11-18)12-9-17(21)15-7-5-6-8-16(15)19/h5-8,17,21H,3-4,9-14H2,1-2H3. The minimum atomic E-state index is -0.371. The Balaban J connectivity index is 1.81. The second-order valence-electron chi connectivity index (χ2n) is 6.37. The maximum absolute atomic E-state index is 10.4. The average Bonchev–Trinajstić information content (AvgIpc) is 2.53. The van der Waals surface area contributed by atoms with Crippen LogP contribution in [0.5, 0.6) is 0 Å². The van der Waals surface area contributed by atoms with Gasteiger partial charge in [-0.25, -0.2) is 0 Å². The summed E-state index contributed by atoms with van der Waals surface area (Å²) >= 11 is 3.52. The molecule has 0 radical (unpaired) electrons. The van der Waals surface area contributed by atoms with Crippen molar-refractivity contribution in [3.8, 4) is 0 Å². The fourth-order valence-corrected chi connectivity index (χ4v) is 3.96. The molecule has 0 aromatic heterocycles. The largest absolute Gasteiger partial charge is 0.388 e. The molecular weight excluding hydrogens is 326 g/mol. The fraction of sp³-hybridized carbons (Fsp3) is 0.667. The predicted molar refractivity (Wildman–Crippen MR) is 92.4 cm³/mol. The molecule has 0 saturated carbocycles. The van der Waals surface area contributed by atoms with Crippen LogP contribution in [0.1, 0.15) is 57.6 Å². The first kappa shape index (κ1) is 17.0. The zero-order chi connectivity index (χ0) is 15.3. The van der Waals surface area contributed by atoms with E-state index >= 15 is 0 Å². The Bertz CT molecular complexity index is 435. The lowest BCUT2D eigenvalue weighted by Crippen LogP contribution is -2.40. The summed E-state index contributed by atoms with van der Waals surface area (Å²) in [6, 6.07) is 7.97. The second kappa shape index (κ2) is 7.75. The molecule has 1 aromatic rings. The summed E-state index contributed by atoms with van der Waals surface area (Å²) in [6.07, 6.45) is 5.67. The normalized spacial score (nSPS) is 20.4. The highest BCUT2D eigenvalue weighted by atomic mass is 79.9. The molecule has 0 amide bonds. The maximum Gasteiger partial charge on any atom is 0.0813 e. The lowest BCUT2D eigenvalue weighted by molar-refractivity contribution is 0.0780. The fourth-order valence-electron chi connectivity index (χ4n) is 3.41. The number of hydrogen-bond donors (Lipinski definition) is 1. The Labute approximate surface area is 137 Å². The number of piperidine rings is 1. The van der Waals surface area contributed by atoms with Crippen molar-refractivity contribution in [2.24, 2.45) is 5.41 Å². The first-order valence-corrected chi connectivity index (χ1v) is 9.04. The van der Waals surface area contributed by atoms with E-state index < -0.39 is 0 Å². The van der Waals surface area contributed by atoms with Gasteiger partial charge in [0.15, 0.2) is 0 Å². The number of hydrogen-bond acceptors (Lipinski definition) is 2. The van der Waals surface area contributed by atoms with Crippen LogP contribution in [0.3, 0.4) is 0 Å². The zero-order valence-corrected chi connectivity index (χ0v) is 14.9. The topological polar surface area (TPSA) is 23.5 Å². The summed E-state index contributed by atoms with van der Waals surface area (Å²) < 4.78 is 1.01. The van der Waals surface area contributed by atoms with Crippen molar-refractivity contribution in [3.63, 3.8) is 0 Å². The Morgan fingerprint density at radius 3 is 2.38 bits per heavy atom. The molecule has 1 aliphatic heterocycles. The molecule has 1 atom stereocenters. The SMILES string of the molecule is CCC1(CC)CCN(CCC(O)c2ccccc2Br)CC1. The van der Waals surface area contributed by atoms with Gasteiger partial charge < -0.3 is 10.0 Å². The molecule has 118 valence electrons. The average molecular weight is 354 g/mol. The van der Waals surface area contributed by atoms with Gasteiger partial charge in [-0.3, -0.25) is 0 Å². The maximum atomic E-state index is 10.4. The van der Waals surface area contributed by atoms with E-state index in [1.807, 2.05) is 24.3 Å². The molecule has 2 rings (SSSR count). The Morgan fingerprint density at radius 2 is 1.81 bits per heavy atom. The van der Waals surface area contributed by atoms with Crippen LogP contribution in [0, 0.1) is 5.41 Å². The molecule has 1 aliphatic rings.